The van der Waals surface area contributed by atoms with Gasteiger partial charge in [-0.15, -0.1) is 0 Å². The average Bonchev–Trinajstić information content (AvgIpc) is 3.33. The summed E-state index contributed by atoms with van der Waals surface area (Å²) < 4.78 is 31.7. The normalized spacial score (nSPS) is 20.9. The van der Waals surface area contributed by atoms with E-state index < -0.39 is 24.2 Å². The highest BCUT2D eigenvalue weighted by Crippen LogP contribution is 2.33. The SMILES string of the molecule is CC[C@@H](C(=O)N[C@H]1CCC[C@H]2CC[C@@H](C(=O)NC(c3ccccc3)c3ccccc3)N2C1=O)N(C)C.O=C(O)C(F)(F)F. The maximum Gasteiger partial charge on any atom is 0.490 e. The van der Waals surface area contributed by atoms with Gasteiger partial charge in [0.15, 0.2) is 0 Å². The van der Waals surface area contributed by atoms with Crippen molar-refractivity contribution in [1.29, 1.82) is 0 Å². The fourth-order valence-electron chi connectivity index (χ4n) is 5.69. The van der Waals surface area contributed by atoms with Crippen LogP contribution >= 0.6 is 0 Å². The molecular weight excluding hydrogens is 565 g/mol. The van der Waals surface area contributed by atoms with Crippen LogP contribution in [0, 0.1) is 0 Å². The molecule has 2 aromatic rings. The van der Waals surface area contributed by atoms with E-state index in [2.05, 4.69) is 10.6 Å². The number of rotatable bonds is 8. The number of aliphatic carboxylic acids is 1. The van der Waals surface area contributed by atoms with Crippen LogP contribution in [0.5, 0.6) is 0 Å². The van der Waals surface area contributed by atoms with Gasteiger partial charge in [0.1, 0.15) is 12.1 Å². The number of nitrogens with one attached hydrogen (secondary N) is 2. The predicted octanol–water partition coefficient (Wildman–Crippen LogP) is 3.89. The second kappa shape index (κ2) is 15.0. The third kappa shape index (κ3) is 8.79. The van der Waals surface area contributed by atoms with Gasteiger partial charge in [-0.3, -0.25) is 19.3 Å². The number of halogens is 3. The van der Waals surface area contributed by atoms with Gasteiger partial charge in [-0.25, -0.2) is 4.79 Å². The third-order valence-corrected chi connectivity index (χ3v) is 7.81. The number of amides is 3. The quantitative estimate of drug-likeness (QED) is 0.421. The molecule has 0 saturated carbocycles. The second-order valence-corrected chi connectivity index (χ2v) is 10.9. The lowest BCUT2D eigenvalue weighted by atomic mass is 9.98. The lowest BCUT2D eigenvalue weighted by Gasteiger charge is -2.32. The van der Waals surface area contributed by atoms with Gasteiger partial charge in [-0.05, 0) is 63.7 Å². The fourth-order valence-corrected chi connectivity index (χ4v) is 5.69. The van der Waals surface area contributed by atoms with Crippen molar-refractivity contribution < 1.29 is 37.5 Å². The van der Waals surface area contributed by atoms with E-state index >= 15 is 0 Å². The molecule has 0 radical (unpaired) electrons. The number of carbonyl (C=O) groups is 4. The molecule has 0 unspecified atom stereocenters. The van der Waals surface area contributed by atoms with Crippen molar-refractivity contribution in [3.05, 3.63) is 71.8 Å². The molecule has 0 aliphatic carbocycles. The molecule has 4 rings (SSSR count). The summed E-state index contributed by atoms with van der Waals surface area (Å²) in [5.74, 6) is -3.16. The molecule has 2 aliphatic heterocycles. The monoisotopic (exact) mass is 604 g/mol. The molecule has 3 N–H and O–H groups in total. The van der Waals surface area contributed by atoms with Gasteiger partial charge in [0.25, 0.3) is 0 Å². The maximum absolute atomic E-state index is 13.7. The highest BCUT2D eigenvalue weighted by atomic mass is 19.4. The van der Waals surface area contributed by atoms with Crippen LogP contribution in [0.1, 0.15) is 62.6 Å². The summed E-state index contributed by atoms with van der Waals surface area (Å²) in [6.07, 6.45) is -0.672. The van der Waals surface area contributed by atoms with Gasteiger partial charge in [0, 0.05) is 6.04 Å². The predicted molar refractivity (Wildman–Crippen MR) is 154 cm³/mol. The van der Waals surface area contributed by atoms with Crippen molar-refractivity contribution in [2.75, 3.05) is 14.1 Å². The van der Waals surface area contributed by atoms with Crippen molar-refractivity contribution in [2.45, 2.75) is 81.8 Å². The van der Waals surface area contributed by atoms with Crippen LogP contribution < -0.4 is 10.6 Å². The average molecular weight is 605 g/mol. The number of alkyl halides is 3. The van der Waals surface area contributed by atoms with Gasteiger partial charge in [-0.2, -0.15) is 13.2 Å². The molecule has 2 saturated heterocycles. The van der Waals surface area contributed by atoms with Crippen molar-refractivity contribution in [2.24, 2.45) is 0 Å². The van der Waals surface area contributed by atoms with E-state index in [-0.39, 0.29) is 35.8 Å². The van der Waals surface area contributed by atoms with Crippen molar-refractivity contribution >= 4 is 23.7 Å². The van der Waals surface area contributed by atoms with Gasteiger partial charge in [0.2, 0.25) is 17.7 Å². The highest BCUT2D eigenvalue weighted by Gasteiger charge is 2.45. The number of carbonyl (C=O) groups excluding carboxylic acids is 3. The highest BCUT2D eigenvalue weighted by molar-refractivity contribution is 5.94. The number of benzene rings is 2. The summed E-state index contributed by atoms with van der Waals surface area (Å²) >= 11 is 0. The molecule has 12 heteroatoms. The molecule has 0 bridgehead atoms. The number of likely N-dealkylation sites (N-methyl/N-ethyl adjacent to an activating group) is 1. The molecule has 2 aromatic carbocycles. The lowest BCUT2D eigenvalue weighted by molar-refractivity contribution is -0.192. The Bertz CT molecular complexity index is 1200. The van der Waals surface area contributed by atoms with Crippen LogP contribution in [-0.2, 0) is 19.2 Å². The first-order valence-corrected chi connectivity index (χ1v) is 14.3. The van der Waals surface area contributed by atoms with E-state index in [0.717, 1.165) is 30.4 Å². The molecule has 9 nitrogen and oxygen atoms in total. The first kappa shape index (κ1) is 33.6. The second-order valence-electron chi connectivity index (χ2n) is 10.9. The Labute approximate surface area is 249 Å². The minimum absolute atomic E-state index is 0.0397. The van der Waals surface area contributed by atoms with E-state index in [0.29, 0.717) is 19.3 Å². The van der Waals surface area contributed by atoms with Crippen LogP contribution in [0.2, 0.25) is 0 Å². The Morgan fingerprint density at radius 2 is 1.49 bits per heavy atom. The smallest absolute Gasteiger partial charge is 0.475 e. The summed E-state index contributed by atoms with van der Waals surface area (Å²) in [4.78, 5) is 52.8. The van der Waals surface area contributed by atoms with E-state index in [9.17, 15) is 27.6 Å². The zero-order valence-corrected chi connectivity index (χ0v) is 24.5. The number of hydrogen-bond acceptors (Lipinski definition) is 5. The molecule has 2 fully saturated rings. The first-order valence-electron chi connectivity index (χ1n) is 14.3. The largest absolute Gasteiger partial charge is 0.490 e. The third-order valence-electron chi connectivity index (χ3n) is 7.81. The molecule has 2 aliphatic rings. The number of fused-ring (bicyclic) bond motifs is 1. The Hall–Kier alpha value is -3.93. The van der Waals surface area contributed by atoms with Crippen molar-refractivity contribution in [1.82, 2.24) is 20.4 Å². The number of carboxylic acids is 1. The number of hydrogen-bond donors (Lipinski definition) is 3. The molecule has 234 valence electrons. The minimum Gasteiger partial charge on any atom is -0.475 e. The maximum atomic E-state index is 13.7. The topological polar surface area (TPSA) is 119 Å². The summed E-state index contributed by atoms with van der Waals surface area (Å²) in [6, 6.07) is 18.1. The minimum atomic E-state index is -5.08. The van der Waals surface area contributed by atoms with E-state index in [1.54, 1.807) is 4.90 Å². The number of nitrogens with zero attached hydrogens (tertiary/aromatic N) is 2. The summed E-state index contributed by atoms with van der Waals surface area (Å²) in [7, 11) is 3.74. The van der Waals surface area contributed by atoms with Gasteiger partial charge in [0.05, 0.1) is 12.1 Å². The van der Waals surface area contributed by atoms with Crippen molar-refractivity contribution in [3.63, 3.8) is 0 Å². The molecule has 4 atom stereocenters. The first-order chi connectivity index (χ1) is 20.3. The van der Waals surface area contributed by atoms with Crippen LogP contribution in [0.25, 0.3) is 0 Å². The summed E-state index contributed by atoms with van der Waals surface area (Å²) in [5, 5.41) is 13.4. The van der Waals surface area contributed by atoms with E-state index in [1.165, 1.54) is 0 Å². The number of carboxylic acid groups (broad SMARTS) is 1. The fraction of sp³-hybridized carbons (Fsp3) is 0.484. The van der Waals surface area contributed by atoms with Crippen LogP contribution in [0.3, 0.4) is 0 Å². The van der Waals surface area contributed by atoms with Gasteiger partial charge >= 0.3 is 12.1 Å². The Morgan fingerprint density at radius 1 is 0.953 bits per heavy atom. The zero-order valence-electron chi connectivity index (χ0n) is 24.5. The molecule has 43 heavy (non-hydrogen) atoms. The van der Waals surface area contributed by atoms with E-state index in [1.807, 2.05) is 86.6 Å². The van der Waals surface area contributed by atoms with E-state index in [4.69, 9.17) is 9.90 Å². The van der Waals surface area contributed by atoms with Gasteiger partial charge < -0.3 is 20.6 Å². The van der Waals surface area contributed by atoms with Crippen LogP contribution in [0.15, 0.2) is 60.7 Å². The van der Waals surface area contributed by atoms with Gasteiger partial charge in [-0.1, -0.05) is 67.6 Å². The molecule has 0 spiro atoms. The molecule has 3 amide bonds. The standard InChI is InChI=1S/C29H38N4O3.C2HF3O2/c1-4-24(32(2)3)27(34)30-23-17-11-16-22-18-19-25(33(22)29(23)36)28(35)31-26(20-12-7-5-8-13-20)21-14-9-6-10-15-21;3-2(4,5)1(6)7/h5-10,12-15,22-26H,4,11,16-19H2,1-3H3,(H,30,34)(H,31,35);(H,6,7)/t22-,23-,24-,25-;/m0./s1. The molecule has 0 aromatic heterocycles. The van der Waals surface area contributed by atoms with Crippen LogP contribution in [0.4, 0.5) is 13.2 Å². The Kier molecular flexibility index (Phi) is 11.7. The Morgan fingerprint density at radius 3 is 1.95 bits per heavy atom. The Balaban J connectivity index is 0.000000646. The summed E-state index contributed by atoms with van der Waals surface area (Å²) in [6.45, 7) is 1.96. The molecule has 2 heterocycles. The molecular formula is C31H39F3N4O5. The van der Waals surface area contributed by atoms with Crippen molar-refractivity contribution in [3.8, 4) is 0 Å². The zero-order chi connectivity index (χ0) is 31.7. The summed E-state index contributed by atoms with van der Waals surface area (Å²) in [5.41, 5.74) is 1.99. The van der Waals surface area contributed by atoms with Crippen LogP contribution in [-0.4, -0.2) is 83.0 Å². The lowest BCUT2D eigenvalue weighted by Crippen LogP contribution is -2.56.